The van der Waals surface area contributed by atoms with E-state index in [4.69, 9.17) is 25.1 Å². The molecule has 0 saturated heterocycles. The predicted molar refractivity (Wildman–Crippen MR) is 108 cm³/mol. The first-order valence-corrected chi connectivity index (χ1v) is 9.70. The number of nitrogens with zero attached hydrogens (tertiary/aromatic N) is 1. The number of aliphatic hydroxyl groups excluding tert-OH is 1. The second-order valence-electron chi connectivity index (χ2n) is 8.00. The van der Waals surface area contributed by atoms with E-state index in [1.165, 1.54) is 0 Å². The summed E-state index contributed by atoms with van der Waals surface area (Å²) in [4.78, 5) is 28.8. The summed E-state index contributed by atoms with van der Waals surface area (Å²) in [6.07, 6.45) is 0.0402. The van der Waals surface area contributed by atoms with Crippen molar-refractivity contribution in [1.29, 1.82) is 0 Å². The summed E-state index contributed by atoms with van der Waals surface area (Å²) < 4.78 is 16.6. The number of hydrogen-bond acceptors (Lipinski definition) is 7. The fraction of sp³-hybridized carbons (Fsp3) is 0.571. The summed E-state index contributed by atoms with van der Waals surface area (Å²) in [6.45, 7) is 7.54. The lowest BCUT2D eigenvalue weighted by Gasteiger charge is -2.26. The largest absolute Gasteiger partial charge is 0.494 e. The smallest absolute Gasteiger partial charge is 0.306 e. The van der Waals surface area contributed by atoms with E-state index in [1.54, 1.807) is 52.0 Å². The SMILES string of the molecule is C[C@H]1OC(c2ccc(OCCCO)cc2)=N[C@@]1(CCC(=O)OC(C)(C)C)C(N)=O. The lowest BCUT2D eigenvalue weighted by molar-refractivity contribution is -0.155. The molecule has 160 valence electrons. The third kappa shape index (κ3) is 5.93. The van der Waals surface area contributed by atoms with E-state index in [0.29, 0.717) is 30.2 Å². The van der Waals surface area contributed by atoms with Crippen molar-refractivity contribution in [2.24, 2.45) is 10.7 Å². The molecule has 0 bridgehead atoms. The number of hydrogen-bond donors (Lipinski definition) is 2. The molecule has 0 aliphatic carbocycles. The minimum absolute atomic E-state index is 0.00231. The van der Waals surface area contributed by atoms with E-state index < -0.39 is 29.1 Å². The van der Waals surface area contributed by atoms with Crippen LogP contribution in [0.5, 0.6) is 5.75 Å². The zero-order valence-corrected chi connectivity index (χ0v) is 17.4. The second-order valence-corrected chi connectivity index (χ2v) is 8.00. The van der Waals surface area contributed by atoms with Gasteiger partial charge in [-0.1, -0.05) is 0 Å². The van der Waals surface area contributed by atoms with Crippen LogP contribution in [0.4, 0.5) is 0 Å². The first-order chi connectivity index (χ1) is 13.6. The number of carbonyl (C=O) groups is 2. The van der Waals surface area contributed by atoms with E-state index in [2.05, 4.69) is 4.99 Å². The number of amides is 1. The molecule has 3 N–H and O–H groups in total. The van der Waals surface area contributed by atoms with Gasteiger partial charge < -0.3 is 25.1 Å². The first kappa shape index (κ1) is 22.7. The van der Waals surface area contributed by atoms with Crippen molar-refractivity contribution in [3.8, 4) is 5.75 Å². The number of nitrogens with two attached hydrogens (primary N) is 1. The molecule has 1 aromatic carbocycles. The van der Waals surface area contributed by atoms with Gasteiger partial charge in [0.2, 0.25) is 11.8 Å². The van der Waals surface area contributed by atoms with Crippen LogP contribution in [0.2, 0.25) is 0 Å². The predicted octanol–water partition coefficient (Wildman–Crippen LogP) is 1.96. The highest BCUT2D eigenvalue weighted by molar-refractivity contribution is 6.00. The van der Waals surface area contributed by atoms with E-state index in [0.717, 1.165) is 0 Å². The number of primary amides is 1. The monoisotopic (exact) mass is 406 g/mol. The van der Waals surface area contributed by atoms with Gasteiger partial charge in [0.05, 0.1) is 6.61 Å². The lowest BCUT2D eigenvalue weighted by atomic mass is 9.88. The van der Waals surface area contributed by atoms with Crippen molar-refractivity contribution in [2.75, 3.05) is 13.2 Å². The Balaban J connectivity index is 2.14. The number of aliphatic hydroxyl groups is 1. The van der Waals surface area contributed by atoms with Gasteiger partial charge in [-0.05, 0) is 58.4 Å². The normalized spacial score (nSPS) is 21.3. The van der Waals surface area contributed by atoms with Crippen LogP contribution in [0.15, 0.2) is 29.3 Å². The van der Waals surface area contributed by atoms with Gasteiger partial charge in [-0.15, -0.1) is 0 Å². The Morgan fingerprint density at radius 1 is 1.28 bits per heavy atom. The molecule has 1 aromatic rings. The van der Waals surface area contributed by atoms with Crippen LogP contribution in [0.3, 0.4) is 0 Å². The zero-order chi connectivity index (χ0) is 21.7. The van der Waals surface area contributed by atoms with Crippen molar-refractivity contribution in [1.82, 2.24) is 0 Å². The van der Waals surface area contributed by atoms with Crippen LogP contribution in [0.1, 0.15) is 52.5 Å². The van der Waals surface area contributed by atoms with Gasteiger partial charge in [-0.25, -0.2) is 4.99 Å². The minimum atomic E-state index is -1.33. The second kappa shape index (κ2) is 9.26. The summed E-state index contributed by atoms with van der Waals surface area (Å²) in [7, 11) is 0. The molecule has 2 rings (SSSR count). The molecule has 1 aliphatic rings. The number of benzene rings is 1. The van der Waals surface area contributed by atoms with Gasteiger partial charge in [0.15, 0.2) is 5.54 Å². The molecular weight excluding hydrogens is 376 g/mol. The van der Waals surface area contributed by atoms with Crippen LogP contribution >= 0.6 is 0 Å². The number of carbonyl (C=O) groups excluding carboxylic acids is 2. The van der Waals surface area contributed by atoms with Gasteiger partial charge in [-0.2, -0.15) is 0 Å². The molecular formula is C21H30N2O6. The molecule has 0 unspecified atom stereocenters. The maximum absolute atomic E-state index is 12.3. The minimum Gasteiger partial charge on any atom is -0.494 e. The van der Waals surface area contributed by atoms with E-state index >= 15 is 0 Å². The molecule has 8 nitrogen and oxygen atoms in total. The third-order valence-corrected chi connectivity index (χ3v) is 4.49. The van der Waals surface area contributed by atoms with Crippen molar-refractivity contribution >= 4 is 17.8 Å². The number of aliphatic imine (C=N–C) groups is 1. The van der Waals surface area contributed by atoms with Crippen LogP contribution in [-0.4, -0.2) is 53.3 Å². The van der Waals surface area contributed by atoms with Crippen molar-refractivity contribution in [2.45, 2.75) is 64.2 Å². The lowest BCUT2D eigenvalue weighted by Crippen LogP contribution is -2.49. The highest BCUT2D eigenvalue weighted by Gasteiger charge is 2.49. The maximum atomic E-state index is 12.3. The Morgan fingerprint density at radius 2 is 1.93 bits per heavy atom. The fourth-order valence-corrected chi connectivity index (χ4v) is 2.97. The maximum Gasteiger partial charge on any atom is 0.306 e. The van der Waals surface area contributed by atoms with Crippen molar-refractivity contribution in [3.05, 3.63) is 29.8 Å². The summed E-state index contributed by atoms with van der Waals surface area (Å²) in [6, 6.07) is 7.05. The standard InChI is InChI=1S/C21H30N2O6/c1-14-21(19(22)26,11-10-17(25)29-20(2,3)4)23-18(28-14)15-6-8-16(9-7-15)27-13-5-12-24/h6-9,14,24H,5,10-13H2,1-4H3,(H2,22,26)/t14-,21-/m1/s1. The van der Waals surface area contributed by atoms with Crippen LogP contribution in [0.25, 0.3) is 0 Å². The number of ether oxygens (including phenoxy) is 3. The Bertz CT molecular complexity index is 753. The highest BCUT2D eigenvalue weighted by Crippen LogP contribution is 2.33. The average molecular weight is 406 g/mol. The van der Waals surface area contributed by atoms with Crippen LogP contribution in [0, 0.1) is 0 Å². The van der Waals surface area contributed by atoms with Crippen molar-refractivity contribution in [3.63, 3.8) is 0 Å². The molecule has 0 radical (unpaired) electrons. The molecule has 2 atom stereocenters. The molecule has 1 amide bonds. The number of rotatable bonds is 9. The first-order valence-electron chi connectivity index (χ1n) is 9.70. The van der Waals surface area contributed by atoms with Gasteiger partial charge in [-0.3, -0.25) is 9.59 Å². The summed E-state index contributed by atoms with van der Waals surface area (Å²) in [5.74, 6) is -0.117. The third-order valence-electron chi connectivity index (χ3n) is 4.49. The summed E-state index contributed by atoms with van der Waals surface area (Å²) >= 11 is 0. The van der Waals surface area contributed by atoms with E-state index in [9.17, 15) is 9.59 Å². The quantitative estimate of drug-likeness (QED) is 0.478. The van der Waals surface area contributed by atoms with Gasteiger partial charge in [0.1, 0.15) is 17.5 Å². The summed E-state index contributed by atoms with van der Waals surface area (Å²) in [5.41, 5.74) is 4.39. The molecule has 8 heteroatoms. The van der Waals surface area contributed by atoms with E-state index in [-0.39, 0.29) is 19.4 Å². The Labute approximate surface area is 171 Å². The highest BCUT2D eigenvalue weighted by atomic mass is 16.6. The summed E-state index contributed by atoms with van der Waals surface area (Å²) in [5, 5.41) is 8.81. The molecule has 0 aromatic heterocycles. The fourth-order valence-electron chi connectivity index (χ4n) is 2.97. The Morgan fingerprint density at radius 3 is 2.48 bits per heavy atom. The van der Waals surface area contributed by atoms with Crippen LogP contribution < -0.4 is 10.5 Å². The molecule has 0 spiro atoms. The molecule has 0 fully saturated rings. The molecule has 29 heavy (non-hydrogen) atoms. The van der Waals surface area contributed by atoms with Gasteiger partial charge in [0.25, 0.3) is 0 Å². The molecule has 1 aliphatic heterocycles. The molecule has 1 heterocycles. The topological polar surface area (TPSA) is 120 Å². The van der Waals surface area contributed by atoms with Gasteiger partial charge in [0, 0.05) is 25.0 Å². The van der Waals surface area contributed by atoms with E-state index in [1.807, 2.05) is 0 Å². The Hall–Kier alpha value is -2.61. The molecule has 0 saturated carbocycles. The van der Waals surface area contributed by atoms with Gasteiger partial charge >= 0.3 is 5.97 Å². The van der Waals surface area contributed by atoms with Crippen LogP contribution in [-0.2, 0) is 19.1 Å². The Kier molecular flexibility index (Phi) is 7.24. The van der Waals surface area contributed by atoms with Crippen molar-refractivity contribution < 1.29 is 28.9 Å². The zero-order valence-electron chi connectivity index (χ0n) is 17.4. The average Bonchev–Trinajstić information content (AvgIpc) is 2.97. The number of esters is 1.